The van der Waals surface area contributed by atoms with Crippen molar-refractivity contribution in [1.82, 2.24) is 0 Å². The monoisotopic (exact) mass is 446 g/mol. The largest absolute Gasteiger partial charge is 0.490 e. The van der Waals surface area contributed by atoms with E-state index in [-0.39, 0.29) is 18.4 Å². The molecule has 1 aliphatic heterocycles. The first kappa shape index (κ1) is 21.7. The molecule has 1 heterocycles. The second-order valence-corrected chi connectivity index (χ2v) is 7.82. The third-order valence-electron chi connectivity index (χ3n) is 5.41. The highest BCUT2D eigenvalue weighted by molar-refractivity contribution is 6.30. The summed E-state index contributed by atoms with van der Waals surface area (Å²) in [4.78, 5) is 18.7. The van der Waals surface area contributed by atoms with E-state index in [2.05, 4.69) is 4.85 Å². The van der Waals surface area contributed by atoms with Gasteiger partial charge in [-0.15, -0.1) is 0 Å². The van der Waals surface area contributed by atoms with Gasteiger partial charge in [-0.1, -0.05) is 35.9 Å². The molecule has 0 radical (unpaired) electrons. The van der Waals surface area contributed by atoms with Gasteiger partial charge in [0.1, 0.15) is 0 Å². The molecule has 32 heavy (non-hydrogen) atoms. The van der Waals surface area contributed by atoms with Crippen LogP contribution in [0.25, 0.3) is 4.85 Å². The van der Waals surface area contributed by atoms with E-state index < -0.39 is 0 Å². The van der Waals surface area contributed by atoms with E-state index in [1.165, 1.54) is 0 Å². The number of benzene rings is 3. The van der Waals surface area contributed by atoms with Crippen molar-refractivity contribution < 1.29 is 14.3 Å². The minimum atomic E-state index is -0.364. The summed E-state index contributed by atoms with van der Waals surface area (Å²) < 4.78 is 11.7. The number of fused-ring (bicyclic) bond motifs is 1. The van der Waals surface area contributed by atoms with Gasteiger partial charge in [0.15, 0.2) is 17.2 Å². The maximum absolute atomic E-state index is 13.4. The highest BCUT2D eigenvalue weighted by atomic mass is 35.5. The summed E-state index contributed by atoms with van der Waals surface area (Å²) in [6.07, 6.45) is 0.247. The van der Waals surface area contributed by atoms with Crippen LogP contribution in [0.3, 0.4) is 0 Å². The Balaban J connectivity index is 1.91. The fraction of sp³-hybridized carbons (Fsp3) is 0.231. The van der Waals surface area contributed by atoms with Crippen molar-refractivity contribution in [3.8, 4) is 11.5 Å². The topological polar surface area (TPSA) is 43.1 Å². The van der Waals surface area contributed by atoms with E-state index in [0.717, 1.165) is 22.4 Å². The summed E-state index contributed by atoms with van der Waals surface area (Å²) in [6, 6.07) is 18.2. The van der Waals surface area contributed by atoms with E-state index in [1.54, 1.807) is 17.0 Å². The van der Waals surface area contributed by atoms with Crippen LogP contribution in [0, 0.1) is 6.57 Å². The molecule has 0 saturated carbocycles. The number of nitrogens with zero attached hydrogens (tertiary/aromatic N) is 2. The maximum atomic E-state index is 13.4. The lowest BCUT2D eigenvalue weighted by Crippen LogP contribution is -2.41. The number of hydrogen-bond acceptors (Lipinski definition) is 3. The maximum Gasteiger partial charge on any atom is 0.232 e. The van der Waals surface area contributed by atoms with Crippen LogP contribution in [0.1, 0.15) is 36.6 Å². The van der Waals surface area contributed by atoms with Gasteiger partial charge in [0.25, 0.3) is 0 Å². The second kappa shape index (κ2) is 9.33. The number of ether oxygens (including phenoxy) is 2. The number of carbonyl (C=O) groups excluding carboxylic acids is 1. The van der Waals surface area contributed by atoms with Crippen molar-refractivity contribution in [2.45, 2.75) is 26.3 Å². The van der Waals surface area contributed by atoms with Crippen molar-refractivity contribution in [2.75, 3.05) is 18.1 Å². The minimum Gasteiger partial charge on any atom is -0.490 e. The molecule has 0 N–H and O–H groups in total. The van der Waals surface area contributed by atoms with Gasteiger partial charge in [0.05, 0.1) is 32.2 Å². The van der Waals surface area contributed by atoms with Crippen molar-refractivity contribution in [1.29, 1.82) is 0 Å². The zero-order valence-corrected chi connectivity index (χ0v) is 18.7. The predicted molar refractivity (Wildman–Crippen MR) is 126 cm³/mol. The van der Waals surface area contributed by atoms with Crippen LogP contribution in [0.4, 0.5) is 11.4 Å². The number of carbonyl (C=O) groups is 1. The highest BCUT2D eigenvalue weighted by Gasteiger charge is 2.36. The average molecular weight is 447 g/mol. The van der Waals surface area contributed by atoms with Crippen LogP contribution < -0.4 is 14.4 Å². The molecule has 3 aromatic carbocycles. The lowest BCUT2D eigenvalue weighted by Gasteiger charge is -2.38. The number of rotatable bonds is 6. The molecule has 4 rings (SSSR count). The Morgan fingerprint density at radius 1 is 1.00 bits per heavy atom. The third-order valence-corrected chi connectivity index (χ3v) is 5.66. The zero-order chi connectivity index (χ0) is 22.7. The van der Waals surface area contributed by atoms with Crippen molar-refractivity contribution >= 4 is 28.9 Å². The van der Waals surface area contributed by atoms with Gasteiger partial charge in [0.2, 0.25) is 5.91 Å². The summed E-state index contributed by atoms with van der Waals surface area (Å²) in [7, 11) is 0. The first-order valence-electron chi connectivity index (χ1n) is 10.5. The molecular formula is C26H23ClN2O3. The highest BCUT2D eigenvalue weighted by Crippen LogP contribution is 2.43. The van der Waals surface area contributed by atoms with E-state index in [1.807, 2.05) is 62.4 Å². The van der Waals surface area contributed by atoms with Crippen molar-refractivity contribution in [2.24, 2.45) is 0 Å². The fourth-order valence-electron chi connectivity index (χ4n) is 4.05. The molecule has 0 aromatic heterocycles. The summed E-state index contributed by atoms with van der Waals surface area (Å²) in [5, 5.41) is 0.630. The molecule has 5 nitrogen and oxygen atoms in total. The Hall–Kier alpha value is -3.49. The summed E-state index contributed by atoms with van der Waals surface area (Å²) >= 11 is 6.14. The molecule has 162 valence electrons. The molecule has 1 unspecified atom stereocenters. The standard InChI is InChI=1S/C26H23ClN2O3/c1-4-31-23-14-18-15-25(30)29(21-12-10-20(28-3)11-13-21)26(17-6-8-19(27)9-7-17)22(18)16-24(23)32-5-2/h6-14,16,26H,4-5,15H2,1-2H3. The fourth-order valence-corrected chi connectivity index (χ4v) is 4.17. The molecule has 0 bridgehead atoms. The van der Waals surface area contributed by atoms with Crippen LogP contribution in [-0.2, 0) is 11.2 Å². The first-order chi connectivity index (χ1) is 15.5. The van der Waals surface area contributed by atoms with Gasteiger partial charge < -0.3 is 14.4 Å². The van der Waals surface area contributed by atoms with Gasteiger partial charge in [-0.2, -0.15) is 0 Å². The van der Waals surface area contributed by atoms with Crippen LogP contribution in [-0.4, -0.2) is 19.1 Å². The smallest absolute Gasteiger partial charge is 0.232 e. The summed E-state index contributed by atoms with van der Waals surface area (Å²) in [5.74, 6) is 1.27. The molecule has 6 heteroatoms. The Morgan fingerprint density at radius 3 is 2.22 bits per heavy atom. The van der Waals surface area contributed by atoms with Gasteiger partial charge >= 0.3 is 0 Å². The lowest BCUT2D eigenvalue weighted by atomic mass is 9.87. The van der Waals surface area contributed by atoms with Crippen molar-refractivity contribution in [3.05, 3.63) is 93.8 Å². The number of amides is 1. The SMILES string of the molecule is [C-]#[N+]c1ccc(N2C(=O)Cc3cc(OCC)c(OCC)cc3C2c2ccc(Cl)cc2)cc1. The Kier molecular flexibility index (Phi) is 6.34. The van der Waals surface area contributed by atoms with Crippen LogP contribution in [0.2, 0.25) is 5.02 Å². The molecule has 0 spiro atoms. The number of halogens is 1. The van der Waals surface area contributed by atoms with Crippen molar-refractivity contribution in [3.63, 3.8) is 0 Å². The molecule has 1 amide bonds. The van der Waals surface area contributed by atoms with E-state index in [9.17, 15) is 4.79 Å². The van der Waals surface area contributed by atoms with Crippen LogP contribution in [0.15, 0.2) is 60.7 Å². The molecule has 0 aliphatic carbocycles. The zero-order valence-electron chi connectivity index (χ0n) is 18.0. The lowest BCUT2D eigenvalue weighted by molar-refractivity contribution is -0.118. The summed E-state index contributed by atoms with van der Waals surface area (Å²) in [5.41, 5.74) is 4.09. The normalized spacial score (nSPS) is 15.1. The Labute approximate surface area is 193 Å². The van der Waals surface area contributed by atoms with Gasteiger partial charge in [0, 0.05) is 10.7 Å². The van der Waals surface area contributed by atoms with E-state index >= 15 is 0 Å². The van der Waals surface area contributed by atoms with Crippen LogP contribution in [0.5, 0.6) is 11.5 Å². The minimum absolute atomic E-state index is 0.0281. The molecule has 1 aliphatic rings. The Bertz CT molecular complexity index is 1170. The summed E-state index contributed by atoms with van der Waals surface area (Å²) in [6.45, 7) is 12.1. The van der Waals surface area contributed by atoms with E-state index in [4.69, 9.17) is 27.6 Å². The molecule has 0 fully saturated rings. The van der Waals surface area contributed by atoms with Gasteiger partial charge in [-0.3, -0.25) is 4.79 Å². The molecular weight excluding hydrogens is 424 g/mol. The first-order valence-corrected chi connectivity index (χ1v) is 10.9. The molecule has 1 atom stereocenters. The molecule has 0 saturated heterocycles. The number of hydrogen-bond donors (Lipinski definition) is 0. The van der Waals surface area contributed by atoms with Gasteiger partial charge in [-0.05, 0) is 66.9 Å². The average Bonchev–Trinajstić information content (AvgIpc) is 2.80. The third kappa shape index (κ3) is 4.15. The van der Waals surface area contributed by atoms with Crippen LogP contribution >= 0.6 is 11.6 Å². The number of anilines is 1. The van der Waals surface area contributed by atoms with Gasteiger partial charge in [-0.25, -0.2) is 4.85 Å². The second-order valence-electron chi connectivity index (χ2n) is 7.39. The van der Waals surface area contributed by atoms with E-state index in [0.29, 0.717) is 35.4 Å². The predicted octanol–water partition coefficient (Wildman–Crippen LogP) is 6.37. The quantitative estimate of drug-likeness (QED) is 0.413. The Morgan fingerprint density at radius 2 is 1.62 bits per heavy atom. The molecule has 3 aromatic rings.